The standard InChI is InChI=1S/C42H56O10/c1-19(2)26-10-12-40(8,31(18-43)51-23(7)44)34(26)28-15-25(16-30(46)36(47)21(28)5)42(50)17-24-14-29(45)37(48)22(6)32-33(24)38(52-42)39(49)41(9)13-11-27(20(3)4)35(32)41/h14-16,19-20,26-27,31,34-35,38-39,43,49-50H,10-13,17-18H2,1-9H3,(H,45,48)(H,46,47). The molecule has 10 unspecified atom stereocenters. The molecule has 0 spiro atoms. The molecule has 3 aliphatic carbocycles. The molecule has 0 aromatic heterocycles. The van der Waals surface area contributed by atoms with E-state index in [9.17, 15) is 39.9 Å². The lowest BCUT2D eigenvalue weighted by Gasteiger charge is -2.52. The van der Waals surface area contributed by atoms with Gasteiger partial charge in [0.15, 0.2) is 17.3 Å². The van der Waals surface area contributed by atoms with E-state index in [0.717, 1.165) is 24.5 Å². The maximum atomic E-state index is 13.7. The van der Waals surface area contributed by atoms with Crippen molar-refractivity contribution in [2.45, 2.75) is 130 Å². The monoisotopic (exact) mass is 720 g/mol. The van der Waals surface area contributed by atoms with E-state index >= 15 is 0 Å². The van der Waals surface area contributed by atoms with Gasteiger partial charge in [0, 0.05) is 29.7 Å². The second-order valence-electron chi connectivity index (χ2n) is 17.5. The van der Waals surface area contributed by atoms with E-state index in [4.69, 9.17) is 9.47 Å². The highest BCUT2D eigenvalue weighted by Gasteiger charge is 2.61. The van der Waals surface area contributed by atoms with Crippen LogP contribution in [-0.2, 0) is 26.5 Å². The number of hydrogen-bond donors (Lipinski definition) is 5. The van der Waals surface area contributed by atoms with Gasteiger partial charge in [-0.2, -0.15) is 0 Å². The quantitative estimate of drug-likeness (QED) is 0.230. The molecule has 284 valence electrons. The number of hydrogen-bond acceptors (Lipinski definition) is 10. The van der Waals surface area contributed by atoms with Crippen molar-refractivity contribution >= 4 is 5.97 Å². The van der Waals surface area contributed by atoms with E-state index in [-0.39, 0.29) is 47.3 Å². The molecule has 10 nitrogen and oxygen atoms in total. The Labute approximate surface area is 305 Å². The van der Waals surface area contributed by atoms with Crippen LogP contribution in [-0.4, -0.2) is 50.3 Å². The predicted molar refractivity (Wildman–Crippen MR) is 195 cm³/mol. The number of carbonyl (C=O) groups excluding carboxylic acids is 1. The van der Waals surface area contributed by atoms with Gasteiger partial charge in [0.05, 0.1) is 12.7 Å². The number of aromatic hydroxyl groups is 2. The Morgan fingerprint density at radius 2 is 1.48 bits per heavy atom. The highest BCUT2D eigenvalue weighted by Crippen LogP contribution is 2.65. The van der Waals surface area contributed by atoms with E-state index in [1.807, 2.05) is 13.8 Å². The van der Waals surface area contributed by atoms with Crippen molar-refractivity contribution < 1.29 is 39.8 Å². The van der Waals surface area contributed by atoms with Crippen LogP contribution in [0.25, 0.3) is 0 Å². The Bertz CT molecular complexity index is 1910. The van der Waals surface area contributed by atoms with Crippen molar-refractivity contribution in [2.75, 3.05) is 6.61 Å². The Morgan fingerprint density at radius 1 is 0.904 bits per heavy atom. The second kappa shape index (κ2) is 13.2. The minimum absolute atomic E-state index is 0.00963. The van der Waals surface area contributed by atoms with E-state index in [1.54, 1.807) is 19.9 Å². The molecule has 0 saturated heterocycles. The van der Waals surface area contributed by atoms with E-state index in [1.165, 1.54) is 13.0 Å². The molecule has 1 heterocycles. The van der Waals surface area contributed by atoms with E-state index < -0.39 is 70.0 Å². The van der Waals surface area contributed by atoms with Crippen LogP contribution < -0.4 is 10.9 Å². The van der Waals surface area contributed by atoms with Crippen molar-refractivity contribution in [2.24, 2.45) is 34.5 Å². The number of rotatable bonds is 7. The van der Waals surface area contributed by atoms with Gasteiger partial charge in [0.25, 0.3) is 0 Å². The highest BCUT2D eigenvalue weighted by atomic mass is 16.6. The zero-order valence-corrected chi connectivity index (χ0v) is 31.9. The van der Waals surface area contributed by atoms with Crippen LogP contribution in [0.2, 0.25) is 0 Å². The van der Waals surface area contributed by atoms with Crippen molar-refractivity contribution in [3.8, 4) is 11.5 Å². The highest BCUT2D eigenvalue weighted by molar-refractivity contribution is 5.66. The molecule has 4 aliphatic rings. The molecule has 2 fully saturated rings. The Balaban J connectivity index is 1.60. The summed E-state index contributed by atoms with van der Waals surface area (Å²) in [6.07, 6.45) is -0.502. The minimum atomic E-state index is -2.24. The average Bonchev–Trinajstić information content (AvgIpc) is 3.57. The first-order valence-electron chi connectivity index (χ1n) is 18.9. The minimum Gasteiger partial charge on any atom is -0.504 e. The van der Waals surface area contributed by atoms with Crippen LogP contribution in [0.3, 0.4) is 0 Å². The maximum Gasteiger partial charge on any atom is 0.303 e. The zero-order valence-electron chi connectivity index (χ0n) is 31.9. The fourth-order valence-corrected chi connectivity index (χ4v) is 11.0. The molecule has 52 heavy (non-hydrogen) atoms. The number of fused-ring (bicyclic) bond motifs is 2. The third-order valence-corrected chi connectivity index (χ3v) is 13.9. The fraction of sp³-hybridized carbons (Fsp3) is 0.643. The molecule has 0 radical (unpaired) electrons. The summed E-state index contributed by atoms with van der Waals surface area (Å²) >= 11 is 0. The number of carbonyl (C=O) groups is 1. The molecule has 1 aliphatic heterocycles. The van der Waals surface area contributed by atoms with Crippen molar-refractivity contribution in [1.82, 2.24) is 0 Å². The molecular weight excluding hydrogens is 664 g/mol. The van der Waals surface area contributed by atoms with Gasteiger partial charge < -0.3 is 35.0 Å². The van der Waals surface area contributed by atoms with Gasteiger partial charge >= 0.3 is 5.97 Å². The van der Waals surface area contributed by atoms with Crippen LogP contribution in [0.4, 0.5) is 0 Å². The summed E-state index contributed by atoms with van der Waals surface area (Å²) in [5.74, 6) is -3.68. The zero-order chi connectivity index (χ0) is 38.4. The summed E-state index contributed by atoms with van der Waals surface area (Å²) in [4.78, 5) is 39.4. The first-order valence-corrected chi connectivity index (χ1v) is 18.9. The van der Waals surface area contributed by atoms with Crippen LogP contribution >= 0.6 is 0 Å². The lowest BCUT2D eigenvalue weighted by atomic mass is 9.59. The molecule has 5 N–H and O–H groups in total. The molecule has 10 heteroatoms. The summed E-state index contributed by atoms with van der Waals surface area (Å²) in [7, 11) is 0. The summed E-state index contributed by atoms with van der Waals surface area (Å²) in [6, 6.07) is 4.13. The van der Waals surface area contributed by atoms with Gasteiger partial charge in [-0.3, -0.25) is 14.4 Å². The topological polar surface area (TPSA) is 171 Å². The third kappa shape index (κ3) is 5.71. The first-order chi connectivity index (χ1) is 24.2. The summed E-state index contributed by atoms with van der Waals surface area (Å²) in [6.45, 7) is 16.7. The van der Waals surface area contributed by atoms with Gasteiger partial charge in [0.2, 0.25) is 10.9 Å². The summed E-state index contributed by atoms with van der Waals surface area (Å²) in [5, 5.41) is 58.1. The van der Waals surface area contributed by atoms with Crippen molar-refractivity contribution in [3.63, 3.8) is 0 Å². The average molecular weight is 721 g/mol. The van der Waals surface area contributed by atoms with Crippen molar-refractivity contribution in [1.29, 1.82) is 0 Å². The SMILES string of the molecule is CC(=O)OC(CO)C1(C)CCC(C(C)C)C1c1cc(C2(O)Cc3cc(=O)c(O)c(C)c4c3C(O2)C(O)C2(C)CCC(C(C)C)C42)cc(=O)c(O)c1C. The smallest absolute Gasteiger partial charge is 0.303 e. The second-order valence-corrected chi connectivity index (χ2v) is 17.5. The summed E-state index contributed by atoms with van der Waals surface area (Å²) < 4.78 is 12.3. The predicted octanol–water partition coefficient (Wildman–Crippen LogP) is 5.50. The molecule has 6 rings (SSSR count). The van der Waals surface area contributed by atoms with Crippen LogP contribution in [0.5, 0.6) is 11.5 Å². The van der Waals surface area contributed by atoms with Crippen LogP contribution in [0.15, 0.2) is 27.8 Å². The molecule has 10 atom stereocenters. The van der Waals surface area contributed by atoms with Gasteiger partial charge in [-0.1, -0.05) is 41.5 Å². The molecule has 0 bridgehead atoms. The molecular formula is C42H56O10. The normalized spacial score (nSPS) is 34.3. The lowest BCUT2D eigenvalue weighted by molar-refractivity contribution is -0.279. The van der Waals surface area contributed by atoms with Gasteiger partial charge in [-0.15, -0.1) is 0 Å². The molecule has 2 aromatic carbocycles. The largest absolute Gasteiger partial charge is 0.504 e. The van der Waals surface area contributed by atoms with Crippen molar-refractivity contribution in [3.05, 3.63) is 77.6 Å². The number of esters is 1. The number of ether oxygens (including phenoxy) is 2. The number of aliphatic hydroxyl groups excluding tert-OH is 2. The first kappa shape index (κ1) is 38.4. The van der Waals surface area contributed by atoms with E-state index in [2.05, 4.69) is 27.7 Å². The Hall–Kier alpha value is -3.31. The Kier molecular flexibility index (Phi) is 9.76. The van der Waals surface area contributed by atoms with Crippen LogP contribution in [0, 0.1) is 48.3 Å². The maximum absolute atomic E-state index is 13.7. The van der Waals surface area contributed by atoms with E-state index in [0.29, 0.717) is 40.7 Å². The van der Waals surface area contributed by atoms with Crippen LogP contribution in [0.1, 0.15) is 131 Å². The van der Waals surface area contributed by atoms with Gasteiger partial charge in [-0.05, 0) is 127 Å². The molecule has 2 saturated carbocycles. The Morgan fingerprint density at radius 3 is 2.08 bits per heavy atom. The van der Waals surface area contributed by atoms with Gasteiger partial charge in [0.1, 0.15) is 12.2 Å². The third-order valence-electron chi connectivity index (χ3n) is 13.9. The lowest BCUT2D eigenvalue weighted by Crippen LogP contribution is -2.51. The molecule has 0 amide bonds. The fourth-order valence-electron chi connectivity index (χ4n) is 11.0. The number of aliphatic hydroxyl groups is 3. The summed E-state index contributed by atoms with van der Waals surface area (Å²) in [5.41, 5.74) is 0.266. The van der Waals surface area contributed by atoms with Gasteiger partial charge in [-0.25, -0.2) is 0 Å². The molecule has 2 aromatic rings.